The molecule has 1 aliphatic rings. The third-order valence-electron chi connectivity index (χ3n) is 3.51. The van der Waals surface area contributed by atoms with Crippen molar-refractivity contribution in [3.63, 3.8) is 0 Å². The van der Waals surface area contributed by atoms with Crippen molar-refractivity contribution in [1.82, 2.24) is 0 Å². The van der Waals surface area contributed by atoms with Gasteiger partial charge in [-0.05, 0) is 24.6 Å². The Bertz CT molecular complexity index is 852. The molecule has 1 aliphatic heterocycles. The molecule has 0 radical (unpaired) electrons. The van der Waals surface area contributed by atoms with Crippen LogP contribution in [0.2, 0.25) is 0 Å². The van der Waals surface area contributed by atoms with E-state index in [0.29, 0.717) is 10.9 Å². The first-order valence-corrected chi connectivity index (χ1v) is 6.77. The number of alkyl halides is 3. The number of nitrogens with two attached hydrogens (primary N) is 1. The summed E-state index contributed by atoms with van der Waals surface area (Å²) in [5.41, 5.74) is 2.40. The first-order chi connectivity index (χ1) is 10.8. The van der Waals surface area contributed by atoms with Gasteiger partial charge in [0.2, 0.25) is 0 Å². The molecule has 0 spiro atoms. The van der Waals surface area contributed by atoms with Gasteiger partial charge in [0.1, 0.15) is 11.3 Å². The van der Waals surface area contributed by atoms with E-state index in [4.69, 9.17) is 14.9 Å². The van der Waals surface area contributed by atoms with Crippen LogP contribution in [0.1, 0.15) is 18.1 Å². The molecule has 2 aromatic rings. The molecule has 0 fully saturated rings. The van der Waals surface area contributed by atoms with E-state index >= 15 is 0 Å². The standard InChI is InChI=1S/C14H12F3N3O3/c1-2-22-9-4-8(13(19-20-13)14(15,16)17)5-10-12(9)7(6-18)3-11(21)23-10/h3-5H,2,6,18H2,1H3. The Balaban J connectivity index is 2.29. The van der Waals surface area contributed by atoms with Crippen molar-refractivity contribution in [1.29, 1.82) is 0 Å². The quantitative estimate of drug-likeness (QED) is 0.874. The highest BCUT2D eigenvalue weighted by atomic mass is 19.4. The Kier molecular flexibility index (Phi) is 3.40. The average molecular weight is 327 g/mol. The minimum Gasteiger partial charge on any atom is -0.493 e. The number of nitrogens with zero attached hydrogens (tertiary/aromatic N) is 2. The van der Waals surface area contributed by atoms with Gasteiger partial charge in [0.05, 0.1) is 12.0 Å². The zero-order valence-electron chi connectivity index (χ0n) is 12.0. The van der Waals surface area contributed by atoms with Crippen LogP contribution in [0.3, 0.4) is 0 Å². The van der Waals surface area contributed by atoms with Gasteiger partial charge in [0.25, 0.3) is 0 Å². The molecule has 122 valence electrons. The third kappa shape index (κ3) is 2.37. The number of fused-ring (bicyclic) bond motifs is 1. The molecule has 9 heteroatoms. The van der Waals surface area contributed by atoms with Crippen molar-refractivity contribution in [2.24, 2.45) is 16.0 Å². The number of ether oxygens (including phenoxy) is 1. The predicted molar refractivity (Wildman–Crippen MR) is 74.1 cm³/mol. The Hall–Kier alpha value is -2.42. The van der Waals surface area contributed by atoms with E-state index in [1.807, 2.05) is 0 Å². The van der Waals surface area contributed by atoms with Crippen molar-refractivity contribution >= 4 is 11.0 Å². The number of benzene rings is 1. The maximum atomic E-state index is 13.2. The third-order valence-corrected chi connectivity index (χ3v) is 3.51. The molecule has 2 N–H and O–H groups in total. The van der Waals surface area contributed by atoms with Crippen LogP contribution in [0.5, 0.6) is 5.75 Å². The minimum atomic E-state index is -4.68. The highest BCUT2D eigenvalue weighted by molar-refractivity contribution is 5.88. The summed E-state index contributed by atoms with van der Waals surface area (Å²) >= 11 is 0. The lowest BCUT2D eigenvalue weighted by atomic mass is 9.99. The van der Waals surface area contributed by atoms with Crippen LogP contribution in [0, 0.1) is 0 Å². The van der Waals surface area contributed by atoms with Gasteiger partial charge in [0.15, 0.2) is 0 Å². The molecule has 0 saturated carbocycles. The van der Waals surface area contributed by atoms with Crippen molar-refractivity contribution in [3.05, 3.63) is 39.7 Å². The van der Waals surface area contributed by atoms with E-state index in [1.54, 1.807) is 6.92 Å². The van der Waals surface area contributed by atoms with Gasteiger partial charge in [-0.25, -0.2) is 4.79 Å². The Morgan fingerprint density at radius 3 is 2.52 bits per heavy atom. The molecule has 0 bridgehead atoms. The zero-order chi connectivity index (χ0) is 16.8. The van der Waals surface area contributed by atoms with E-state index in [0.717, 1.165) is 6.07 Å². The van der Waals surface area contributed by atoms with Crippen molar-refractivity contribution in [2.75, 3.05) is 6.61 Å². The molecule has 0 atom stereocenters. The van der Waals surface area contributed by atoms with Gasteiger partial charge in [-0.15, -0.1) is 10.2 Å². The van der Waals surface area contributed by atoms with E-state index in [9.17, 15) is 18.0 Å². The zero-order valence-corrected chi connectivity index (χ0v) is 12.0. The summed E-state index contributed by atoms with van der Waals surface area (Å²) in [5.74, 6) is 0.144. The summed E-state index contributed by atoms with van der Waals surface area (Å²) in [5, 5.41) is 6.67. The lowest BCUT2D eigenvalue weighted by Gasteiger charge is -2.17. The van der Waals surface area contributed by atoms with Gasteiger partial charge < -0.3 is 14.9 Å². The Morgan fingerprint density at radius 2 is 2.00 bits per heavy atom. The van der Waals surface area contributed by atoms with Gasteiger partial charge >= 0.3 is 17.5 Å². The van der Waals surface area contributed by atoms with Gasteiger partial charge in [-0.2, -0.15) is 13.2 Å². The second-order valence-electron chi connectivity index (χ2n) is 4.95. The second kappa shape index (κ2) is 5.05. The molecule has 2 heterocycles. The van der Waals surface area contributed by atoms with Crippen molar-refractivity contribution < 1.29 is 22.3 Å². The highest BCUT2D eigenvalue weighted by Crippen LogP contribution is 2.53. The maximum Gasteiger partial charge on any atom is 0.442 e. The summed E-state index contributed by atoms with van der Waals surface area (Å²) in [7, 11) is 0. The van der Waals surface area contributed by atoms with E-state index < -0.39 is 17.5 Å². The monoisotopic (exact) mass is 327 g/mol. The minimum absolute atomic E-state index is 0.0146. The molecule has 6 nitrogen and oxygen atoms in total. The van der Waals surface area contributed by atoms with Crippen LogP contribution < -0.4 is 16.1 Å². The van der Waals surface area contributed by atoms with Crippen LogP contribution in [-0.2, 0) is 12.2 Å². The molecule has 0 aliphatic carbocycles. The van der Waals surface area contributed by atoms with Crippen molar-refractivity contribution in [3.8, 4) is 5.75 Å². The number of halogens is 3. The lowest BCUT2D eigenvalue weighted by Crippen LogP contribution is -2.30. The van der Waals surface area contributed by atoms with E-state index in [2.05, 4.69) is 10.2 Å². The average Bonchev–Trinajstić information content (AvgIpc) is 3.27. The number of hydrogen-bond donors (Lipinski definition) is 1. The topological polar surface area (TPSA) is 90.2 Å². The van der Waals surface area contributed by atoms with E-state index in [1.165, 1.54) is 12.1 Å². The smallest absolute Gasteiger partial charge is 0.442 e. The summed E-state index contributed by atoms with van der Waals surface area (Å²) in [6.45, 7) is 1.92. The molecule has 1 aromatic carbocycles. The fourth-order valence-corrected chi connectivity index (χ4v) is 2.41. The summed E-state index contributed by atoms with van der Waals surface area (Å²) < 4.78 is 50.0. The van der Waals surface area contributed by atoms with Gasteiger partial charge in [0, 0.05) is 18.2 Å². The lowest BCUT2D eigenvalue weighted by molar-refractivity contribution is -0.166. The summed E-state index contributed by atoms with van der Waals surface area (Å²) in [6, 6.07) is 3.50. The molecular formula is C14H12F3N3O3. The van der Waals surface area contributed by atoms with E-state index in [-0.39, 0.29) is 30.0 Å². The predicted octanol–water partition coefficient (Wildman–Crippen LogP) is 2.83. The summed E-state index contributed by atoms with van der Waals surface area (Å²) in [4.78, 5) is 11.6. The maximum absolute atomic E-state index is 13.2. The SMILES string of the molecule is CCOc1cc(C2(C(F)(F)F)N=N2)cc2oc(=O)cc(CN)c12. The first kappa shape index (κ1) is 15.5. The Labute approximate surface area is 127 Å². The summed E-state index contributed by atoms with van der Waals surface area (Å²) in [6.07, 6.45) is -4.68. The highest BCUT2D eigenvalue weighted by Gasteiger charge is 2.65. The number of rotatable bonds is 4. The molecule has 3 rings (SSSR count). The molecular weight excluding hydrogens is 315 g/mol. The van der Waals surface area contributed by atoms with Gasteiger partial charge in [-0.1, -0.05) is 0 Å². The molecule has 1 aromatic heterocycles. The molecule has 0 unspecified atom stereocenters. The molecule has 0 amide bonds. The molecule has 0 saturated heterocycles. The van der Waals surface area contributed by atoms with Crippen LogP contribution in [0.25, 0.3) is 11.0 Å². The van der Waals surface area contributed by atoms with Crippen LogP contribution >= 0.6 is 0 Å². The van der Waals surface area contributed by atoms with Crippen LogP contribution in [0.4, 0.5) is 13.2 Å². The van der Waals surface area contributed by atoms with Crippen LogP contribution in [0.15, 0.2) is 37.6 Å². The fraction of sp³-hybridized carbons (Fsp3) is 0.357. The normalized spacial score (nSPS) is 15.9. The van der Waals surface area contributed by atoms with Crippen LogP contribution in [-0.4, -0.2) is 12.8 Å². The van der Waals surface area contributed by atoms with Gasteiger partial charge in [-0.3, -0.25) is 0 Å². The van der Waals surface area contributed by atoms with Crippen molar-refractivity contribution in [2.45, 2.75) is 25.3 Å². The largest absolute Gasteiger partial charge is 0.493 e. The molecule has 23 heavy (non-hydrogen) atoms. The Morgan fingerprint density at radius 1 is 1.30 bits per heavy atom. The fourth-order valence-electron chi connectivity index (χ4n) is 2.41. The first-order valence-electron chi connectivity index (χ1n) is 6.77. The second-order valence-corrected chi connectivity index (χ2v) is 4.95. The number of hydrogen-bond acceptors (Lipinski definition) is 6.